The smallest absolute Gasteiger partial charge is 0.331 e. The van der Waals surface area contributed by atoms with E-state index in [2.05, 4.69) is 5.32 Å². The molecule has 1 saturated heterocycles. The van der Waals surface area contributed by atoms with Crippen molar-refractivity contribution in [2.75, 3.05) is 6.54 Å². The molecule has 0 amide bonds. The summed E-state index contributed by atoms with van der Waals surface area (Å²) in [5.74, 6) is 0.403. The van der Waals surface area contributed by atoms with Crippen molar-refractivity contribution in [2.45, 2.75) is 45.3 Å². The molecule has 2 atom stereocenters. The van der Waals surface area contributed by atoms with Gasteiger partial charge in [-0.3, -0.25) is 0 Å². The first-order valence-corrected chi connectivity index (χ1v) is 5.62. The van der Waals surface area contributed by atoms with Crippen molar-refractivity contribution >= 4 is 5.97 Å². The molecule has 2 aliphatic rings. The highest BCUT2D eigenvalue weighted by Crippen LogP contribution is 2.39. The van der Waals surface area contributed by atoms with Crippen LogP contribution in [-0.4, -0.2) is 24.2 Å². The summed E-state index contributed by atoms with van der Waals surface area (Å²) in [6.45, 7) is 6.76. The number of rotatable bonds is 1. The second-order valence-corrected chi connectivity index (χ2v) is 5.41. The topological polar surface area (TPSA) is 38.3 Å². The van der Waals surface area contributed by atoms with E-state index in [9.17, 15) is 4.79 Å². The third-order valence-electron chi connectivity index (χ3n) is 2.99. The van der Waals surface area contributed by atoms with Gasteiger partial charge in [0, 0.05) is 12.1 Å². The summed E-state index contributed by atoms with van der Waals surface area (Å²) in [5, 5.41) is 3.41. The lowest BCUT2D eigenvalue weighted by atomic mass is 9.75. The SMILES string of the molecule is CC(C)(C)OC(=O)/C=C1/CC2NCCC12. The normalized spacial score (nSPS) is 32.3. The molecular formula is C12H19NO2. The summed E-state index contributed by atoms with van der Waals surface area (Å²) in [5.41, 5.74) is 0.879. The zero-order chi connectivity index (χ0) is 11.1. The van der Waals surface area contributed by atoms with Crippen molar-refractivity contribution < 1.29 is 9.53 Å². The largest absolute Gasteiger partial charge is 0.457 e. The van der Waals surface area contributed by atoms with Crippen LogP contribution in [0.3, 0.4) is 0 Å². The molecule has 1 heterocycles. The monoisotopic (exact) mass is 209 g/mol. The summed E-state index contributed by atoms with van der Waals surface area (Å²) in [6.07, 6.45) is 3.88. The maximum atomic E-state index is 11.5. The standard InChI is InChI=1S/C12H19NO2/c1-12(2,3)15-11(14)7-8-6-10-9(8)4-5-13-10/h7,9-10,13H,4-6H2,1-3H3/b8-7-. The lowest BCUT2D eigenvalue weighted by Gasteiger charge is -2.33. The summed E-state index contributed by atoms with van der Waals surface area (Å²) in [4.78, 5) is 11.5. The van der Waals surface area contributed by atoms with Crippen LogP contribution in [-0.2, 0) is 9.53 Å². The molecule has 0 aromatic carbocycles. The van der Waals surface area contributed by atoms with E-state index in [-0.39, 0.29) is 11.6 Å². The minimum absolute atomic E-state index is 0.192. The molecule has 2 unspecified atom stereocenters. The third kappa shape index (κ3) is 2.40. The number of fused-ring (bicyclic) bond motifs is 1. The molecule has 15 heavy (non-hydrogen) atoms. The molecule has 1 aliphatic heterocycles. The molecule has 2 fully saturated rings. The molecule has 0 radical (unpaired) electrons. The van der Waals surface area contributed by atoms with Crippen LogP contribution in [0.5, 0.6) is 0 Å². The lowest BCUT2D eigenvalue weighted by molar-refractivity contribution is -0.148. The zero-order valence-electron chi connectivity index (χ0n) is 9.67. The molecule has 1 saturated carbocycles. The van der Waals surface area contributed by atoms with Crippen molar-refractivity contribution in [1.29, 1.82) is 0 Å². The molecule has 0 aromatic heterocycles. The number of ether oxygens (including phenoxy) is 1. The second-order valence-electron chi connectivity index (χ2n) is 5.41. The van der Waals surface area contributed by atoms with E-state index in [1.807, 2.05) is 20.8 Å². The third-order valence-corrected chi connectivity index (χ3v) is 2.99. The first-order valence-electron chi connectivity index (χ1n) is 5.62. The molecule has 0 bridgehead atoms. The van der Waals surface area contributed by atoms with Crippen LogP contribution < -0.4 is 5.32 Å². The van der Waals surface area contributed by atoms with Crippen molar-refractivity contribution in [3.63, 3.8) is 0 Å². The number of carbonyl (C=O) groups excluding carboxylic acids is 1. The Bertz CT molecular complexity index is 301. The van der Waals surface area contributed by atoms with Gasteiger partial charge < -0.3 is 10.1 Å². The number of hydrogen-bond acceptors (Lipinski definition) is 3. The second kappa shape index (κ2) is 3.63. The molecule has 3 heteroatoms. The van der Waals surface area contributed by atoms with Gasteiger partial charge in [0.05, 0.1) is 0 Å². The molecular weight excluding hydrogens is 190 g/mol. The van der Waals surface area contributed by atoms with E-state index >= 15 is 0 Å². The van der Waals surface area contributed by atoms with Crippen LogP contribution in [0, 0.1) is 5.92 Å². The van der Waals surface area contributed by atoms with Crippen molar-refractivity contribution in [2.24, 2.45) is 5.92 Å². The van der Waals surface area contributed by atoms with Crippen LogP contribution in [0.2, 0.25) is 0 Å². The summed E-state index contributed by atoms with van der Waals surface area (Å²) in [6, 6.07) is 0.624. The highest BCUT2D eigenvalue weighted by Gasteiger charge is 2.39. The molecule has 3 nitrogen and oxygen atoms in total. The van der Waals surface area contributed by atoms with Crippen LogP contribution in [0.15, 0.2) is 11.6 Å². The Labute approximate surface area is 90.9 Å². The van der Waals surface area contributed by atoms with Crippen LogP contribution >= 0.6 is 0 Å². The van der Waals surface area contributed by atoms with Gasteiger partial charge in [-0.25, -0.2) is 4.79 Å². The van der Waals surface area contributed by atoms with Crippen molar-refractivity contribution in [1.82, 2.24) is 5.32 Å². The molecule has 84 valence electrons. The van der Waals surface area contributed by atoms with Gasteiger partial charge in [-0.2, -0.15) is 0 Å². The summed E-state index contributed by atoms with van der Waals surface area (Å²) < 4.78 is 5.26. The molecule has 0 aromatic rings. The lowest BCUT2D eigenvalue weighted by Crippen LogP contribution is -2.38. The van der Waals surface area contributed by atoms with E-state index in [0.717, 1.165) is 13.0 Å². The van der Waals surface area contributed by atoms with E-state index < -0.39 is 0 Å². The highest BCUT2D eigenvalue weighted by molar-refractivity contribution is 5.83. The van der Waals surface area contributed by atoms with Crippen molar-refractivity contribution in [3.8, 4) is 0 Å². The fraction of sp³-hybridized carbons (Fsp3) is 0.750. The first-order chi connectivity index (χ1) is 6.96. The van der Waals surface area contributed by atoms with Gasteiger partial charge in [0.25, 0.3) is 0 Å². The Morgan fingerprint density at radius 3 is 2.87 bits per heavy atom. The average Bonchev–Trinajstić information content (AvgIpc) is 2.39. The van der Waals surface area contributed by atoms with Gasteiger partial charge in [0.2, 0.25) is 0 Å². The van der Waals surface area contributed by atoms with E-state index in [0.29, 0.717) is 12.0 Å². The van der Waals surface area contributed by atoms with Crippen molar-refractivity contribution in [3.05, 3.63) is 11.6 Å². The number of carbonyl (C=O) groups is 1. The fourth-order valence-electron chi connectivity index (χ4n) is 2.32. The van der Waals surface area contributed by atoms with E-state index in [1.54, 1.807) is 6.08 Å². The molecule has 1 aliphatic carbocycles. The maximum absolute atomic E-state index is 11.5. The fourth-order valence-corrected chi connectivity index (χ4v) is 2.32. The Hall–Kier alpha value is -0.830. The molecule has 0 spiro atoms. The minimum atomic E-state index is -0.384. The number of nitrogens with one attached hydrogen (secondary N) is 1. The number of hydrogen-bond donors (Lipinski definition) is 1. The maximum Gasteiger partial charge on any atom is 0.331 e. The Balaban J connectivity index is 1.91. The number of esters is 1. The van der Waals surface area contributed by atoms with Crippen LogP contribution in [0.25, 0.3) is 0 Å². The molecule has 1 N–H and O–H groups in total. The summed E-state index contributed by atoms with van der Waals surface area (Å²) in [7, 11) is 0. The average molecular weight is 209 g/mol. The van der Waals surface area contributed by atoms with E-state index in [4.69, 9.17) is 4.74 Å². The predicted octanol–water partition coefficient (Wildman–Crippen LogP) is 1.64. The zero-order valence-corrected chi connectivity index (χ0v) is 9.67. The van der Waals surface area contributed by atoms with Gasteiger partial charge in [-0.15, -0.1) is 0 Å². The Morgan fingerprint density at radius 1 is 1.53 bits per heavy atom. The van der Waals surface area contributed by atoms with Gasteiger partial charge in [-0.05, 0) is 46.1 Å². The van der Waals surface area contributed by atoms with Gasteiger partial charge in [0.1, 0.15) is 5.60 Å². The minimum Gasteiger partial charge on any atom is -0.457 e. The van der Waals surface area contributed by atoms with Crippen LogP contribution in [0.4, 0.5) is 0 Å². The van der Waals surface area contributed by atoms with Gasteiger partial charge >= 0.3 is 5.97 Å². The quantitative estimate of drug-likeness (QED) is 0.527. The van der Waals surface area contributed by atoms with E-state index in [1.165, 1.54) is 12.0 Å². The summed E-state index contributed by atoms with van der Waals surface area (Å²) >= 11 is 0. The molecule has 2 rings (SSSR count). The predicted molar refractivity (Wildman–Crippen MR) is 58.4 cm³/mol. The Morgan fingerprint density at radius 2 is 2.27 bits per heavy atom. The van der Waals surface area contributed by atoms with Crippen LogP contribution in [0.1, 0.15) is 33.6 Å². The highest BCUT2D eigenvalue weighted by atomic mass is 16.6. The first kappa shape index (κ1) is 10.7. The van der Waals surface area contributed by atoms with Gasteiger partial charge in [-0.1, -0.05) is 5.57 Å². The van der Waals surface area contributed by atoms with Gasteiger partial charge in [0.15, 0.2) is 0 Å². The Kier molecular flexibility index (Phi) is 2.59.